The Morgan fingerprint density at radius 2 is 1.88 bits per heavy atom. The van der Waals surface area contributed by atoms with E-state index in [1.165, 1.54) is 25.7 Å². The second-order valence-corrected chi connectivity index (χ2v) is 8.16. The van der Waals surface area contributed by atoms with Crippen LogP contribution in [0.5, 0.6) is 0 Å². The molecule has 0 aromatic heterocycles. The third-order valence-electron chi connectivity index (χ3n) is 5.16. The van der Waals surface area contributed by atoms with Crippen LogP contribution in [0.2, 0.25) is 5.02 Å². The number of rotatable bonds is 7. The molecule has 0 aliphatic heterocycles. The molecule has 1 aromatic carbocycles. The summed E-state index contributed by atoms with van der Waals surface area (Å²) in [6.45, 7) is 7.56. The molecular weight excluding hydrogens is 324 g/mol. The highest BCUT2D eigenvalue weighted by atomic mass is 35.5. The lowest BCUT2D eigenvalue weighted by Crippen LogP contribution is -2.53. The van der Waals surface area contributed by atoms with Crippen LogP contribution in [0, 0.1) is 0 Å². The summed E-state index contributed by atoms with van der Waals surface area (Å²) in [4.78, 5) is 0. The monoisotopic (exact) mass is 353 g/mol. The number of hydrogen-bond donors (Lipinski definition) is 3. The Kier molecular flexibility index (Phi) is 6.37. The van der Waals surface area contributed by atoms with Crippen molar-refractivity contribution >= 4 is 24.2 Å². The van der Waals surface area contributed by atoms with Crippen molar-refractivity contribution < 1.29 is 14.8 Å². The fourth-order valence-corrected chi connectivity index (χ4v) is 3.06. The van der Waals surface area contributed by atoms with Crippen LogP contribution in [0.1, 0.15) is 58.9 Å². The summed E-state index contributed by atoms with van der Waals surface area (Å²) in [7, 11) is -1.18. The van der Waals surface area contributed by atoms with E-state index in [0.717, 1.165) is 12.1 Å². The average molecular weight is 354 g/mol. The Morgan fingerprint density at radius 1 is 1.25 bits per heavy atom. The molecule has 1 aromatic rings. The van der Waals surface area contributed by atoms with Crippen molar-refractivity contribution in [3.8, 4) is 0 Å². The number of nitrogens with one attached hydrogen (secondary N) is 1. The Bertz CT molecular complexity index is 554. The summed E-state index contributed by atoms with van der Waals surface area (Å²) < 4.78 is 5.66. The van der Waals surface area contributed by atoms with Gasteiger partial charge in [-0.25, -0.2) is 0 Å². The summed E-state index contributed by atoms with van der Waals surface area (Å²) in [6, 6.07) is 6.21. The van der Waals surface area contributed by atoms with E-state index >= 15 is 0 Å². The van der Waals surface area contributed by atoms with E-state index in [-0.39, 0.29) is 0 Å². The van der Waals surface area contributed by atoms with Gasteiger partial charge in [0.15, 0.2) is 0 Å². The van der Waals surface area contributed by atoms with Crippen molar-refractivity contribution in [2.45, 2.75) is 77.2 Å². The topological polar surface area (TPSA) is 61.7 Å². The van der Waals surface area contributed by atoms with E-state index in [9.17, 15) is 10.1 Å². The van der Waals surface area contributed by atoms with Gasteiger partial charge in [-0.2, -0.15) is 0 Å². The van der Waals surface area contributed by atoms with Gasteiger partial charge in [0.25, 0.3) is 0 Å². The summed E-state index contributed by atoms with van der Waals surface area (Å²) in [5.41, 5.74) is -0.410. The van der Waals surface area contributed by atoms with E-state index in [0.29, 0.717) is 16.5 Å². The van der Waals surface area contributed by atoms with E-state index < -0.39 is 18.3 Å². The molecule has 0 spiro atoms. The maximum Gasteiger partial charge on any atom is 0.493 e. The maximum absolute atomic E-state index is 10.4. The van der Waals surface area contributed by atoms with Crippen molar-refractivity contribution in [1.82, 2.24) is 5.32 Å². The molecule has 6 heteroatoms. The highest BCUT2D eigenvalue weighted by Crippen LogP contribution is 2.26. The molecule has 134 valence electrons. The molecule has 0 heterocycles. The SMILES string of the molecule is CC(C)(O)C(C)(C)OB(O)c1ccc(CNC2CCCC2)cc1Cl. The second kappa shape index (κ2) is 7.75. The third kappa shape index (κ3) is 4.96. The smallest absolute Gasteiger partial charge is 0.423 e. The van der Waals surface area contributed by atoms with Crippen LogP contribution >= 0.6 is 11.6 Å². The first kappa shape index (κ1) is 19.7. The first-order valence-electron chi connectivity index (χ1n) is 8.70. The molecule has 0 bridgehead atoms. The molecule has 0 radical (unpaired) electrons. The summed E-state index contributed by atoms with van der Waals surface area (Å²) in [5, 5.41) is 24.5. The van der Waals surface area contributed by atoms with Gasteiger partial charge in [-0.05, 0) is 52.2 Å². The van der Waals surface area contributed by atoms with Gasteiger partial charge in [0.2, 0.25) is 0 Å². The van der Waals surface area contributed by atoms with Crippen LogP contribution in [-0.2, 0) is 11.2 Å². The van der Waals surface area contributed by atoms with Crippen molar-refractivity contribution in [2.24, 2.45) is 0 Å². The molecule has 0 atom stereocenters. The van der Waals surface area contributed by atoms with Crippen LogP contribution in [-0.4, -0.2) is 34.5 Å². The van der Waals surface area contributed by atoms with Crippen molar-refractivity contribution in [1.29, 1.82) is 0 Å². The van der Waals surface area contributed by atoms with E-state index in [4.69, 9.17) is 16.3 Å². The first-order valence-corrected chi connectivity index (χ1v) is 9.08. The normalized spacial score (nSPS) is 16.6. The van der Waals surface area contributed by atoms with Crippen LogP contribution in [0.3, 0.4) is 0 Å². The summed E-state index contributed by atoms with van der Waals surface area (Å²) >= 11 is 6.33. The zero-order valence-electron chi connectivity index (χ0n) is 15.1. The molecule has 4 nitrogen and oxygen atoms in total. The van der Waals surface area contributed by atoms with Crippen LogP contribution in [0.15, 0.2) is 18.2 Å². The molecule has 24 heavy (non-hydrogen) atoms. The molecule has 2 rings (SSSR count). The lowest BCUT2D eigenvalue weighted by Gasteiger charge is -2.38. The quantitative estimate of drug-likeness (QED) is 0.660. The average Bonchev–Trinajstić information content (AvgIpc) is 2.96. The highest BCUT2D eigenvalue weighted by molar-refractivity contribution is 6.64. The standard InChI is InChI=1S/C18H29BClNO3/c1-17(2,22)18(3,4)24-19(23)15-10-9-13(11-16(15)20)12-21-14-7-5-6-8-14/h9-11,14,21-23H,5-8,12H2,1-4H3. The third-order valence-corrected chi connectivity index (χ3v) is 5.49. The Morgan fingerprint density at radius 3 is 2.42 bits per heavy atom. The number of benzene rings is 1. The molecule has 0 amide bonds. The van der Waals surface area contributed by atoms with Gasteiger partial charge in [0.1, 0.15) is 0 Å². The fourth-order valence-electron chi connectivity index (χ4n) is 2.76. The predicted molar refractivity (Wildman–Crippen MR) is 99.6 cm³/mol. The maximum atomic E-state index is 10.4. The molecule has 3 N–H and O–H groups in total. The molecular formula is C18H29BClNO3. The zero-order valence-corrected chi connectivity index (χ0v) is 15.9. The molecule has 1 aliphatic rings. The van der Waals surface area contributed by atoms with Crippen molar-refractivity contribution in [2.75, 3.05) is 0 Å². The zero-order chi connectivity index (χ0) is 18.0. The van der Waals surface area contributed by atoms with Gasteiger partial charge in [0.05, 0.1) is 11.2 Å². The van der Waals surface area contributed by atoms with Gasteiger partial charge >= 0.3 is 7.12 Å². The molecule has 1 fully saturated rings. The van der Waals surface area contributed by atoms with Gasteiger partial charge in [-0.3, -0.25) is 0 Å². The van der Waals surface area contributed by atoms with E-state index in [2.05, 4.69) is 5.32 Å². The van der Waals surface area contributed by atoms with Crippen molar-refractivity contribution in [3.63, 3.8) is 0 Å². The van der Waals surface area contributed by atoms with Crippen LogP contribution in [0.25, 0.3) is 0 Å². The van der Waals surface area contributed by atoms with Crippen molar-refractivity contribution in [3.05, 3.63) is 28.8 Å². The summed E-state index contributed by atoms with van der Waals surface area (Å²) in [6.07, 6.45) is 5.09. The second-order valence-electron chi connectivity index (χ2n) is 7.76. The number of halogens is 1. The van der Waals surface area contributed by atoms with Gasteiger partial charge in [-0.15, -0.1) is 0 Å². The number of aliphatic hydroxyl groups is 1. The lowest BCUT2D eigenvalue weighted by atomic mass is 9.76. The van der Waals surface area contributed by atoms with Gasteiger partial charge < -0.3 is 20.1 Å². The molecule has 1 aliphatic carbocycles. The minimum atomic E-state index is -1.18. The van der Waals surface area contributed by atoms with Gasteiger partial charge in [0, 0.05) is 23.1 Å². The number of hydrogen-bond acceptors (Lipinski definition) is 4. The van der Waals surface area contributed by atoms with Crippen LogP contribution in [0.4, 0.5) is 0 Å². The molecule has 1 saturated carbocycles. The fraction of sp³-hybridized carbons (Fsp3) is 0.667. The molecule has 0 unspecified atom stereocenters. The lowest BCUT2D eigenvalue weighted by molar-refractivity contribution is -0.0982. The minimum Gasteiger partial charge on any atom is -0.423 e. The Hall–Kier alpha value is -0.585. The minimum absolute atomic E-state index is 0.472. The van der Waals surface area contributed by atoms with E-state index in [1.807, 2.05) is 12.1 Å². The molecule has 0 saturated heterocycles. The Labute approximate surface area is 150 Å². The summed E-state index contributed by atoms with van der Waals surface area (Å²) in [5.74, 6) is 0. The highest BCUT2D eigenvalue weighted by Gasteiger charge is 2.40. The van der Waals surface area contributed by atoms with Gasteiger partial charge in [-0.1, -0.05) is 36.6 Å². The Balaban J connectivity index is 2.00. The predicted octanol–water partition coefficient (Wildman–Crippen LogP) is 2.63. The first-order chi connectivity index (χ1) is 11.1. The van der Waals surface area contributed by atoms with Crippen LogP contribution < -0.4 is 10.8 Å². The largest absolute Gasteiger partial charge is 0.493 e. The van der Waals surface area contributed by atoms with E-state index in [1.54, 1.807) is 33.8 Å².